The predicted octanol–water partition coefficient (Wildman–Crippen LogP) is 2.38. The van der Waals surface area contributed by atoms with Gasteiger partial charge in [0.25, 0.3) is 0 Å². The molecule has 1 aliphatic rings. The van der Waals surface area contributed by atoms with Crippen molar-refractivity contribution in [2.75, 3.05) is 13.1 Å². The normalized spacial score (nSPS) is 16.8. The molecule has 0 saturated carbocycles. The van der Waals surface area contributed by atoms with E-state index in [0.29, 0.717) is 16.5 Å². The molecule has 16 heavy (non-hydrogen) atoms. The summed E-state index contributed by atoms with van der Waals surface area (Å²) in [5, 5.41) is 4.28. The molecule has 0 saturated heterocycles. The van der Waals surface area contributed by atoms with Gasteiger partial charge < -0.3 is 11.1 Å². The van der Waals surface area contributed by atoms with Crippen molar-refractivity contribution >= 4 is 29.0 Å². The summed E-state index contributed by atoms with van der Waals surface area (Å²) < 4.78 is 0. The monoisotopic (exact) mass is 257 g/mol. The van der Waals surface area contributed by atoms with E-state index >= 15 is 0 Å². The van der Waals surface area contributed by atoms with Crippen LogP contribution in [0, 0.1) is 0 Å². The first-order valence-corrected chi connectivity index (χ1v) is 5.90. The highest BCUT2D eigenvalue weighted by Gasteiger charge is 2.13. The van der Waals surface area contributed by atoms with Crippen molar-refractivity contribution in [3.05, 3.63) is 33.8 Å². The first-order valence-electron chi connectivity index (χ1n) is 5.14. The van der Waals surface area contributed by atoms with Crippen molar-refractivity contribution in [2.24, 2.45) is 10.7 Å². The average molecular weight is 258 g/mol. The lowest BCUT2D eigenvalue weighted by Gasteiger charge is -2.13. The molecule has 0 radical (unpaired) electrons. The first-order chi connectivity index (χ1) is 7.66. The zero-order valence-electron chi connectivity index (χ0n) is 8.71. The van der Waals surface area contributed by atoms with E-state index < -0.39 is 0 Å². The van der Waals surface area contributed by atoms with Crippen molar-refractivity contribution in [3.8, 4) is 0 Å². The van der Waals surface area contributed by atoms with E-state index in [2.05, 4.69) is 10.3 Å². The van der Waals surface area contributed by atoms with Crippen molar-refractivity contribution in [1.29, 1.82) is 0 Å². The van der Waals surface area contributed by atoms with Crippen LogP contribution < -0.4 is 11.1 Å². The molecule has 5 heteroatoms. The van der Waals surface area contributed by atoms with Gasteiger partial charge in [-0.2, -0.15) is 0 Å². The van der Waals surface area contributed by atoms with Gasteiger partial charge in [-0.3, -0.25) is 4.99 Å². The highest BCUT2D eigenvalue weighted by molar-refractivity contribution is 6.42. The van der Waals surface area contributed by atoms with E-state index in [4.69, 9.17) is 28.9 Å². The van der Waals surface area contributed by atoms with Gasteiger partial charge in [-0.15, -0.1) is 0 Å². The Balaban J connectivity index is 2.08. The maximum absolute atomic E-state index is 6.07. The lowest BCUT2D eigenvalue weighted by molar-refractivity contribution is 0.750. The molecule has 1 atom stereocenters. The van der Waals surface area contributed by atoms with E-state index in [-0.39, 0.29) is 6.04 Å². The Labute approximate surface area is 105 Å². The highest BCUT2D eigenvalue weighted by atomic mass is 35.5. The lowest BCUT2D eigenvalue weighted by Crippen LogP contribution is -2.24. The fourth-order valence-electron chi connectivity index (χ4n) is 1.65. The Kier molecular flexibility index (Phi) is 3.69. The molecule has 0 fully saturated rings. The second-order valence-electron chi connectivity index (χ2n) is 3.74. The first kappa shape index (κ1) is 11.7. The van der Waals surface area contributed by atoms with E-state index in [1.165, 1.54) is 0 Å². The molecular formula is C11H13Cl2N3. The molecule has 1 unspecified atom stereocenters. The van der Waals surface area contributed by atoms with E-state index in [1.54, 1.807) is 6.07 Å². The molecule has 2 rings (SSSR count). The van der Waals surface area contributed by atoms with Crippen LogP contribution in [0.1, 0.15) is 18.0 Å². The van der Waals surface area contributed by atoms with Crippen LogP contribution in [0.4, 0.5) is 0 Å². The van der Waals surface area contributed by atoms with Crippen LogP contribution in [0.15, 0.2) is 23.2 Å². The van der Waals surface area contributed by atoms with Crippen LogP contribution in [0.25, 0.3) is 0 Å². The minimum atomic E-state index is -0.0980. The molecule has 0 spiro atoms. The topological polar surface area (TPSA) is 50.4 Å². The maximum atomic E-state index is 6.07. The van der Waals surface area contributed by atoms with Gasteiger partial charge >= 0.3 is 0 Å². The number of amidine groups is 1. The molecule has 0 aliphatic carbocycles. The number of nitrogens with zero attached hydrogens (tertiary/aromatic N) is 1. The van der Waals surface area contributed by atoms with Crippen molar-refractivity contribution < 1.29 is 0 Å². The molecule has 3 nitrogen and oxygen atoms in total. The molecule has 1 aromatic rings. The summed E-state index contributed by atoms with van der Waals surface area (Å²) in [4.78, 5) is 4.31. The van der Waals surface area contributed by atoms with Crippen LogP contribution in [0.3, 0.4) is 0 Å². The molecule has 3 N–H and O–H groups in total. The van der Waals surface area contributed by atoms with Crippen molar-refractivity contribution in [1.82, 2.24) is 5.32 Å². The summed E-state index contributed by atoms with van der Waals surface area (Å²) in [6.45, 7) is 1.74. The van der Waals surface area contributed by atoms with Gasteiger partial charge in [-0.1, -0.05) is 29.3 Å². The zero-order chi connectivity index (χ0) is 11.5. The number of rotatable bonds is 3. The molecule has 0 amide bonds. The molecule has 86 valence electrons. The van der Waals surface area contributed by atoms with Crippen LogP contribution in [0.5, 0.6) is 0 Å². The second kappa shape index (κ2) is 5.04. The number of aliphatic imine (C=N–C) groups is 1. The van der Waals surface area contributed by atoms with Crippen LogP contribution in [-0.2, 0) is 0 Å². The summed E-state index contributed by atoms with van der Waals surface area (Å²) in [5.41, 5.74) is 7.05. The van der Waals surface area contributed by atoms with Gasteiger partial charge in [-0.05, 0) is 17.7 Å². The standard InChI is InChI=1S/C11H13Cl2N3/c12-8-2-1-7(5-9(8)13)10(14)6-11-15-3-4-16-11/h1-2,5,10H,3-4,6,14H2,(H,15,16). The Morgan fingerprint density at radius 3 is 2.81 bits per heavy atom. The third-order valence-electron chi connectivity index (χ3n) is 2.53. The van der Waals surface area contributed by atoms with Gasteiger partial charge in [0.2, 0.25) is 0 Å². The SMILES string of the molecule is NC(CC1=NCCN1)c1ccc(Cl)c(Cl)c1. The molecule has 0 bridgehead atoms. The molecular weight excluding hydrogens is 245 g/mol. The van der Waals surface area contributed by atoms with Gasteiger partial charge in [0.1, 0.15) is 0 Å². The van der Waals surface area contributed by atoms with E-state index in [0.717, 1.165) is 24.5 Å². The van der Waals surface area contributed by atoms with Gasteiger partial charge in [-0.25, -0.2) is 0 Å². The Morgan fingerprint density at radius 2 is 2.19 bits per heavy atom. The highest BCUT2D eigenvalue weighted by Crippen LogP contribution is 2.26. The third-order valence-corrected chi connectivity index (χ3v) is 3.27. The maximum Gasteiger partial charge on any atom is 0.0983 e. The largest absolute Gasteiger partial charge is 0.372 e. The number of nitrogens with two attached hydrogens (primary N) is 1. The van der Waals surface area contributed by atoms with Crippen molar-refractivity contribution in [3.63, 3.8) is 0 Å². The predicted molar refractivity (Wildman–Crippen MR) is 68.3 cm³/mol. The fraction of sp³-hybridized carbons (Fsp3) is 0.364. The molecule has 1 aromatic carbocycles. The Bertz CT molecular complexity index is 418. The average Bonchev–Trinajstić information content (AvgIpc) is 2.74. The summed E-state index contributed by atoms with van der Waals surface area (Å²) in [6, 6.07) is 5.38. The second-order valence-corrected chi connectivity index (χ2v) is 4.55. The number of halogens is 2. The summed E-state index contributed by atoms with van der Waals surface area (Å²) in [6.07, 6.45) is 0.706. The third kappa shape index (κ3) is 2.67. The van der Waals surface area contributed by atoms with Gasteiger partial charge in [0.05, 0.1) is 22.4 Å². The number of hydrogen-bond acceptors (Lipinski definition) is 3. The van der Waals surface area contributed by atoms with Gasteiger partial charge in [0.15, 0.2) is 0 Å². The molecule has 1 heterocycles. The van der Waals surface area contributed by atoms with E-state index in [9.17, 15) is 0 Å². The van der Waals surface area contributed by atoms with E-state index in [1.807, 2.05) is 12.1 Å². The quantitative estimate of drug-likeness (QED) is 0.874. The number of benzene rings is 1. The van der Waals surface area contributed by atoms with Crippen LogP contribution >= 0.6 is 23.2 Å². The minimum Gasteiger partial charge on any atom is -0.372 e. The van der Waals surface area contributed by atoms with Crippen LogP contribution in [0.2, 0.25) is 10.0 Å². The zero-order valence-corrected chi connectivity index (χ0v) is 10.2. The molecule has 0 aromatic heterocycles. The van der Waals surface area contributed by atoms with Crippen molar-refractivity contribution in [2.45, 2.75) is 12.5 Å². The van der Waals surface area contributed by atoms with Gasteiger partial charge in [0, 0.05) is 19.0 Å². The fourth-order valence-corrected chi connectivity index (χ4v) is 1.96. The summed E-state index contributed by atoms with van der Waals surface area (Å²) in [7, 11) is 0. The molecule has 1 aliphatic heterocycles. The summed E-state index contributed by atoms with van der Waals surface area (Å²) in [5.74, 6) is 0.971. The Morgan fingerprint density at radius 1 is 1.38 bits per heavy atom. The lowest BCUT2D eigenvalue weighted by atomic mass is 10.0. The number of hydrogen-bond donors (Lipinski definition) is 2. The minimum absolute atomic E-state index is 0.0980. The van der Waals surface area contributed by atoms with Crippen LogP contribution in [-0.4, -0.2) is 18.9 Å². The smallest absolute Gasteiger partial charge is 0.0983 e. The summed E-state index contributed by atoms with van der Waals surface area (Å²) >= 11 is 11.8. The number of nitrogens with one attached hydrogen (secondary N) is 1. The Hall–Kier alpha value is -0.770.